The number of fused-ring (bicyclic) bond motifs is 1. The highest BCUT2D eigenvalue weighted by Crippen LogP contribution is 2.30. The van der Waals surface area contributed by atoms with Crippen molar-refractivity contribution < 1.29 is 9.18 Å². The van der Waals surface area contributed by atoms with E-state index in [2.05, 4.69) is 15.4 Å². The number of amides is 1. The van der Waals surface area contributed by atoms with Crippen molar-refractivity contribution >= 4 is 17.4 Å². The van der Waals surface area contributed by atoms with Crippen LogP contribution in [-0.2, 0) is 20.0 Å². The maximum absolute atomic E-state index is 13.8. The van der Waals surface area contributed by atoms with Crippen LogP contribution < -0.4 is 5.32 Å². The van der Waals surface area contributed by atoms with Crippen LogP contribution >= 0.6 is 0 Å². The van der Waals surface area contributed by atoms with Gasteiger partial charge in [0.15, 0.2) is 5.82 Å². The van der Waals surface area contributed by atoms with Gasteiger partial charge in [0.2, 0.25) is 0 Å². The molecule has 1 N–H and O–H groups in total. The zero-order chi connectivity index (χ0) is 22.1. The third kappa shape index (κ3) is 3.92. The molecule has 0 spiro atoms. The average molecular weight is 429 g/mol. The molecule has 1 amide bonds. The first kappa shape index (κ1) is 19.8. The fourth-order valence-electron chi connectivity index (χ4n) is 3.74. The number of carbonyl (C=O) groups excluding carboxylic acids is 1. The van der Waals surface area contributed by atoms with Crippen molar-refractivity contribution in [2.24, 2.45) is 7.05 Å². The van der Waals surface area contributed by atoms with Gasteiger partial charge in [-0.15, -0.1) is 0 Å². The van der Waals surface area contributed by atoms with Crippen LogP contribution in [0.3, 0.4) is 0 Å². The zero-order valence-electron chi connectivity index (χ0n) is 17.4. The Kier molecular flexibility index (Phi) is 5.06. The van der Waals surface area contributed by atoms with Gasteiger partial charge >= 0.3 is 0 Å². The molecule has 4 aromatic rings. The summed E-state index contributed by atoms with van der Waals surface area (Å²) in [5.74, 6) is 0.660. The summed E-state index contributed by atoms with van der Waals surface area (Å²) in [5.41, 5.74) is 3.61. The van der Waals surface area contributed by atoms with Gasteiger partial charge in [-0.05, 0) is 30.3 Å². The maximum atomic E-state index is 13.8. The lowest BCUT2D eigenvalue weighted by molar-refractivity contribution is 0.0734. The quantitative estimate of drug-likeness (QED) is 0.535. The third-order valence-corrected chi connectivity index (χ3v) is 5.33. The molecule has 5 rings (SSSR count). The van der Waals surface area contributed by atoms with Gasteiger partial charge < -0.3 is 10.2 Å². The highest BCUT2D eigenvalue weighted by molar-refractivity contribution is 5.94. The lowest BCUT2D eigenvalue weighted by atomic mass is 10.0. The molecule has 3 aromatic heterocycles. The van der Waals surface area contributed by atoms with Crippen LogP contribution in [0.4, 0.5) is 15.9 Å². The van der Waals surface area contributed by atoms with E-state index in [4.69, 9.17) is 9.97 Å². The Bertz CT molecular complexity index is 1290. The van der Waals surface area contributed by atoms with E-state index in [0.717, 1.165) is 16.8 Å². The van der Waals surface area contributed by atoms with E-state index in [1.54, 1.807) is 53.5 Å². The van der Waals surface area contributed by atoms with E-state index in [1.165, 1.54) is 12.1 Å². The molecule has 160 valence electrons. The van der Waals surface area contributed by atoms with Gasteiger partial charge in [-0.25, -0.2) is 14.4 Å². The summed E-state index contributed by atoms with van der Waals surface area (Å²) >= 11 is 0. The van der Waals surface area contributed by atoms with Crippen molar-refractivity contribution in [3.05, 3.63) is 83.8 Å². The van der Waals surface area contributed by atoms with Gasteiger partial charge in [-0.3, -0.25) is 14.5 Å². The lowest BCUT2D eigenvalue weighted by Gasteiger charge is -2.29. The Morgan fingerprint density at radius 2 is 2.00 bits per heavy atom. The minimum absolute atomic E-state index is 0.0985. The standard InChI is InChI=1S/C23H20FN7O/c1-30-13-16(12-26-30)23(32)31-10-7-20-19(14-31)22(27-18-4-2-3-17(24)11-18)29-21(28-20)15-5-8-25-9-6-15/h2-6,8-9,11-13H,7,10,14H2,1H3,(H,27,28,29). The van der Waals surface area contributed by atoms with Gasteiger partial charge in [0.05, 0.1) is 24.0 Å². The van der Waals surface area contributed by atoms with Crippen molar-refractivity contribution in [1.82, 2.24) is 29.6 Å². The molecule has 0 saturated heterocycles. The third-order valence-electron chi connectivity index (χ3n) is 5.33. The largest absolute Gasteiger partial charge is 0.340 e. The van der Waals surface area contributed by atoms with Crippen molar-refractivity contribution in [3.8, 4) is 11.4 Å². The second-order valence-electron chi connectivity index (χ2n) is 7.57. The number of benzene rings is 1. The molecule has 0 atom stereocenters. The van der Waals surface area contributed by atoms with Gasteiger partial charge in [-0.1, -0.05) is 6.07 Å². The van der Waals surface area contributed by atoms with Crippen LogP contribution in [0.1, 0.15) is 21.6 Å². The molecular formula is C23H20FN7O. The molecule has 9 heteroatoms. The highest BCUT2D eigenvalue weighted by Gasteiger charge is 2.27. The summed E-state index contributed by atoms with van der Waals surface area (Å²) in [6.45, 7) is 0.879. The molecular weight excluding hydrogens is 409 g/mol. The zero-order valence-corrected chi connectivity index (χ0v) is 17.4. The number of hydrogen-bond acceptors (Lipinski definition) is 6. The SMILES string of the molecule is Cn1cc(C(=O)N2CCc3nc(-c4ccncc4)nc(Nc4cccc(F)c4)c3C2)cn1. The highest BCUT2D eigenvalue weighted by atomic mass is 19.1. The Balaban J connectivity index is 1.53. The van der Waals surface area contributed by atoms with Crippen LogP contribution in [0.15, 0.2) is 61.2 Å². The summed E-state index contributed by atoms with van der Waals surface area (Å²) in [6, 6.07) is 9.88. The maximum Gasteiger partial charge on any atom is 0.257 e. The first-order chi connectivity index (χ1) is 15.6. The lowest BCUT2D eigenvalue weighted by Crippen LogP contribution is -2.37. The second-order valence-corrected chi connectivity index (χ2v) is 7.57. The Morgan fingerprint density at radius 3 is 2.75 bits per heavy atom. The summed E-state index contributed by atoms with van der Waals surface area (Å²) in [6.07, 6.45) is 7.22. The van der Waals surface area contributed by atoms with E-state index in [9.17, 15) is 9.18 Å². The fraction of sp³-hybridized carbons (Fsp3) is 0.174. The number of halogens is 1. The van der Waals surface area contributed by atoms with E-state index in [0.29, 0.717) is 42.4 Å². The smallest absolute Gasteiger partial charge is 0.257 e. The van der Waals surface area contributed by atoms with Crippen LogP contribution in [0.25, 0.3) is 11.4 Å². The number of anilines is 2. The van der Waals surface area contributed by atoms with Crippen molar-refractivity contribution in [3.63, 3.8) is 0 Å². The van der Waals surface area contributed by atoms with Crippen LogP contribution in [-0.4, -0.2) is 42.1 Å². The summed E-state index contributed by atoms with van der Waals surface area (Å²) in [7, 11) is 1.78. The normalized spacial score (nSPS) is 13.0. The van der Waals surface area contributed by atoms with Gasteiger partial charge in [0.25, 0.3) is 5.91 Å². The van der Waals surface area contributed by atoms with E-state index >= 15 is 0 Å². The second kappa shape index (κ2) is 8.18. The number of carbonyl (C=O) groups is 1. The molecule has 1 aliphatic rings. The predicted molar refractivity (Wildman–Crippen MR) is 117 cm³/mol. The summed E-state index contributed by atoms with van der Waals surface area (Å²) < 4.78 is 15.4. The molecule has 8 nitrogen and oxygen atoms in total. The number of aryl methyl sites for hydroxylation is 1. The predicted octanol–water partition coefficient (Wildman–Crippen LogP) is 3.35. The molecule has 0 fully saturated rings. The van der Waals surface area contributed by atoms with Crippen molar-refractivity contribution in [1.29, 1.82) is 0 Å². The van der Waals surface area contributed by atoms with Gasteiger partial charge in [0.1, 0.15) is 11.6 Å². The molecule has 0 aliphatic carbocycles. The monoisotopic (exact) mass is 429 g/mol. The number of aromatic nitrogens is 5. The Hall–Kier alpha value is -4.14. The fourth-order valence-corrected chi connectivity index (χ4v) is 3.74. The Labute approximate surface area is 183 Å². The average Bonchev–Trinajstić information content (AvgIpc) is 3.25. The molecule has 0 bridgehead atoms. The van der Waals surface area contributed by atoms with Crippen LogP contribution in [0, 0.1) is 5.82 Å². The van der Waals surface area contributed by atoms with Crippen LogP contribution in [0.2, 0.25) is 0 Å². The number of rotatable bonds is 4. The molecule has 4 heterocycles. The molecule has 32 heavy (non-hydrogen) atoms. The van der Waals surface area contributed by atoms with E-state index in [1.807, 2.05) is 12.1 Å². The molecule has 0 unspecified atom stereocenters. The van der Waals surface area contributed by atoms with Gasteiger partial charge in [0, 0.05) is 55.4 Å². The number of pyridine rings is 1. The summed E-state index contributed by atoms with van der Waals surface area (Å²) in [5, 5.41) is 7.32. The molecule has 1 aromatic carbocycles. The first-order valence-electron chi connectivity index (χ1n) is 10.2. The summed E-state index contributed by atoms with van der Waals surface area (Å²) in [4.78, 5) is 28.3. The van der Waals surface area contributed by atoms with E-state index in [-0.39, 0.29) is 11.7 Å². The number of nitrogens with zero attached hydrogens (tertiary/aromatic N) is 6. The topological polar surface area (TPSA) is 88.8 Å². The van der Waals surface area contributed by atoms with E-state index < -0.39 is 0 Å². The Morgan fingerprint density at radius 1 is 1.16 bits per heavy atom. The molecule has 0 saturated carbocycles. The minimum Gasteiger partial charge on any atom is -0.340 e. The first-order valence-corrected chi connectivity index (χ1v) is 10.2. The molecule has 1 aliphatic heterocycles. The van der Waals surface area contributed by atoms with Crippen molar-refractivity contribution in [2.75, 3.05) is 11.9 Å². The number of hydrogen-bond donors (Lipinski definition) is 1. The minimum atomic E-state index is -0.347. The van der Waals surface area contributed by atoms with Crippen LogP contribution in [0.5, 0.6) is 0 Å². The van der Waals surface area contributed by atoms with Crippen molar-refractivity contribution in [2.45, 2.75) is 13.0 Å². The van der Waals surface area contributed by atoms with Gasteiger partial charge in [-0.2, -0.15) is 5.10 Å². The number of nitrogens with one attached hydrogen (secondary N) is 1. The molecule has 0 radical (unpaired) electrons.